The number of pyridine rings is 3. The van der Waals surface area contributed by atoms with E-state index in [1.165, 1.54) is 25.3 Å². The van der Waals surface area contributed by atoms with Gasteiger partial charge in [-0.3, -0.25) is 9.97 Å². The SMILES string of the molecule is Cc1nc(-c2nnc(-c3cccnc3)o2)cc(-c2cncc(F)c2)c1F. The highest BCUT2D eigenvalue weighted by molar-refractivity contribution is 5.68. The summed E-state index contributed by atoms with van der Waals surface area (Å²) in [6.45, 7) is 1.51. The lowest BCUT2D eigenvalue weighted by Crippen LogP contribution is -1.97. The second-order valence-electron chi connectivity index (χ2n) is 5.50. The van der Waals surface area contributed by atoms with E-state index in [1.807, 2.05) is 0 Å². The Morgan fingerprint density at radius 3 is 2.50 bits per heavy atom. The van der Waals surface area contributed by atoms with Crippen molar-refractivity contribution in [2.45, 2.75) is 6.92 Å². The molecule has 0 aromatic carbocycles. The Morgan fingerprint density at radius 1 is 0.923 bits per heavy atom. The van der Waals surface area contributed by atoms with Gasteiger partial charge in [0.2, 0.25) is 5.89 Å². The van der Waals surface area contributed by atoms with E-state index >= 15 is 0 Å². The van der Waals surface area contributed by atoms with Crippen LogP contribution in [0.3, 0.4) is 0 Å². The van der Waals surface area contributed by atoms with Gasteiger partial charge >= 0.3 is 0 Å². The van der Waals surface area contributed by atoms with Crippen molar-refractivity contribution < 1.29 is 13.2 Å². The van der Waals surface area contributed by atoms with E-state index < -0.39 is 11.6 Å². The van der Waals surface area contributed by atoms with Crippen molar-refractivity contribution in [1.29, 1.82) is 0 Å². The lowest BCUT2D eigenvalue weighted by Gasteiger charge is -2.07. The molecule has 0 bridgehead atoms. The molecule has 0 saturated heterocycles. The predicted octanol–water partition coefficient (Wildman–Crippen LogP) is 3.84. The fraction of sp³-hybridized carbons (Fsp3) is 0.0556. The van der Waals surface area contributed by atoms with Crippen LogP contribution in [0.1, 0.15) is 5.69 Å². The molecule has 0 N–H and O–H groups in total. The third kappa shape index (κ3) is 2.92. The summed E-state index contributed by atoms with van der Waals surface area (Å²) in [5.74, 6) is -0.730. The van der Waals surface area contributed by atoms with Crippen LogP contribution < -0.4 is 0 Å². The summed E-state index contributed by atoms with van der Waals surface area (Å²) in [5.41, 5.74) is 1.51. The smallest absolute Gasteiger partial charge is 0.266 e. The van der Waals surface area contributed by atoms with Gasteiger partial charge < -0.3 is 4.42 Å². The monoisotopic (exact) mass is 351 g/mol. The van der Waals surface area contributed by atoms with Crippen molar-refractivity contribution in [3.63, 3.8) is 0 Å². The van der Waals surface area contributed by atoms with E-state index in [2.05, 4.69) is 25.1 Å². The summed E-state index contributed by atoms with van der Waals surface area (Å²) in [6.07, 6.45) is 5.64. The Kier molecular flexibility index (Phi) is 3.92. The van der Waals surface area contributed by atoms with Gasteiger partial charge in [0.25, 0.3) is 5.89 Å². The molecule has 0 saturated carbocycles. The average Bonchev–Trinajstić information content (AvgIpc) is 3.15. The molecular formula is C18H11F2N5O. The van der Waals surface area contributed by atoms with Crippen LogP contribution in [0.5, 0.6) is 0 Å². The first-order chi connectivity index (χ1) is 12.6. The van der Waals surface area contributed by atoms with Crippen LogP contribution in [0.2, 0.25) is 0 Å². The van der Waals surface area contributed by atoms with Crippen LogP contribution in [-0.2, 0) is 0 Å². The molecule has 4 aromatic rings. The van der Waals surface area contributed by atoms with Crippen molar-refractivity contribution in [2.24, 2.45) is 0 Å². The Balaban J connectivity index is 1.80. The molecule has 0 aliphatic carbocycles. The largest absolute Gasteiger partial charge is 0.415 e. The summed E-state index contributed by atoms with van der Waals surface area (Å²) in [5, 5.41) is 7.94. The van der Waals surface area contributed by atoms with Gasteiger partial charge in [0, 0.05) is 29.7 Å². The van der Waals surface area contributed by atoms with E-state index in [0.717, 1.165) is 6.20 Å². The molecule has 26 heavy (non-hydrogen) atoms. The van der Waals surface area contributed by atoms with Gasteiger partial charge in [0.05, 0.1) is 17.5 Å². The van der Waals surface area contributed by atoms with Crippen LogP contribution in [0.4, 0.5) is 8.78 Å². The first-order valence-electron chi connectivity index (χ1n) is 7.64. The zero-order valence-corrected chi connectivity index (χ0v) is 13.5. The average molecular weight is 351 g/mol. The lowest BCUT2D eigenvalue weighted by molar-refractivity contribution is 0.578. The number of rotatable bonds is 3. The second-order valence-corrected chi connectivity index (χ2v) is 5.50. The van der Waals surface area contributed by atoms with Gasteiger partial charge in [0.1, 0.15) is 11.5 Å². The molecule has 0 aliphatic rings. The van der Waals surface area contributed by atoms with Gasteiger partial charge in [-0.05, 0) is 31.2 Å². The summed E-state index contributed by atoms with van der Waals surface area (Å²) < 4.78 is 33.6. The maximum absolute atomic E-state index is 14.5. The predicted molar refractivity (Wildman–Crippen MR) is 88.6 cm³/mol. The highest BCUT2D eigenvalue weighted by atomic mass is 19.1. The first-order valence-corrected chi connectivity index (χ1v) is 7.64. The Morgan fingerprint density at radius 2 is 1.73 bits per heavy atom. The number of halogens is 2. The molecule has 4 heterocycles. The van der Waals surface area contributed by atoms with Crippen molar-refractivity contribution in [1.82, 2.24) is 25.1 Å². The minimum absolute atomic E-state index is 0.123. The van der Waals surface area contributed by atoms with Crippen LogP contribution in [-0.4, -0.2) is 25.1 Å². The van der Waals surface area contributed by atoms with Crippen molar-refractivity contribution in [2.75, 3.05) is 0 Å². The van der Waals surface area contributed by atoms with E-state index in [0.29, 0.717) is 11.1 Å². The molecule has 6 nitrogen and oxygen atoms in total. The van der Waals surface area contributed by atoms with E-state index in [-0.39, 0.29) is 28.7 Å². The molecule has 0 radical (unpaired) electrons. The third-order valence-electron chi connectivity index (χ3n) is 3.69. The van der Waals surface area contributed by atoms with Crippen molar-refractivity contribution in [3.8, 4) is 34.2 Å². The van der Waals surface area contributed by atoms with E-state index in [9.17, 15) is 8.78 Å². The van der Waals surface area contributed by atoms with Crippen LogP contribution in [0, 0.1) is 18.6 Å². The van der Waals surface area contributed by atoms with E-state index in [1.54, 1.807) is 24.5 Å². The minimum atomic E-state index is -0.562. The molecule has 0 spiro atoms. The number of nitrogens with zero attached hydrogens (tertiary/aromatic N) is 5. The van der Waals surface area contributed by atoms with Crippen LogP contribution >= 0.6 is 0 Å². The molecule has 4 aromatic heterocycles. The maximum Gasteiger partial charge on any atom is 0.266 e. The topological polar surface area (TPSA) is 77.6 Å². The standard InChI is InChI=1S/C18H11F2N5O/c1-10-16(20)14(12-5-13(19)9-22-8-12)6-15(23-10)18-25-24-17(26-18)11-3-2-4-21-7-11/h2-9H,1H3. The van der Waals surface area contributed by atoms with E-state index in [4.69, 9.17) is 4.42 Å². The molecule has 128 valence electrons. The molecule has 0 unspecified atom stereocenters. The second kappa shape index (κ2) is 6.40. The van der Waals surface area contributed by atoms with Gasteiger partial charge in [-0.15, -0.1) is 10.2 Å². The Hall–Kier alpha value is -3.55. The number of aryl methyl sites for hydroxylation is 1. The first kappa shape index (κ1) is 15.9. The fourth-order valence-electron chi connectivity index (χ4n) is 2.47. The highest BCUT2D eigenvalue weighted by Crippen LogP contribution is 2.29. The van der Waals surface area contributed by atoms with Crippen molar-refractivity contribution in [3.05, 3.63) is 66.4 Å². The molecule has 0 amide bonds. The van der Waals surface area contributed by atoms with Crippen molar-refractivity contribution >= 4 is 0 Å². The molecule has 4 rings (SSSR count). The molecular weight excluding hydrogens is 340 g/mol. The van der Waals surface area contributed by atoms with Gasteiger partial charge in [-0.2, -0.15) is 0 Å². The zero-order chi connectivity index (χ0) is 18.1. The Bertz CT molecular complexity index is 1080. The fourth-order valence-corrected chi connectivity index (χ4v) is 2.47. The van der Waals surface area contributed by atoms with Crippen LogP contribution in [0.15, 0.2) is 53.5 Å². The van der Waals surface area contributed by atoms with Gasteiger partial charge in [-0.25, -0.2) is 13.8 Å². The lowest BCUT2D eigenvalue weighted by atomic mass is 10.1. The maximum atomic E-state index is 14.5. The minimum Gasteiger partial charge on any atom is -0.415 e. The molecule has 0 fully saturated rings. The van der Waals surface area contributed by atoms with Gasteiger partial charge in [-0.1, -0.05) is 0 Å². The normalized spacial score (nSPS) is 10.9. The Labute approximate surface area is 146 Å². The zero-order valence-electron chi connectivity index (χ0n) is 13.5. The summed E-state index contributed by atoms with van der Waals surface area (Å²) in [6, 6.07) is 6.15. The summed E-state index contributed by atoms with van der Waals surface area (Å²) in [4.78, 5) is 11.9. The summed E-state index contributed by atoms with van der Waals surface area (Å²) >= 11 is 0. The number of aromatic nitrogens is 5. The quantitative estimate of drug-likeness (QED) is 0.558. The molecule has 0 aliphatic heterocycles. The molecule has 8 heteroatoms. The molecule has 0 atom stereocenters. The number of hydrogen-bond donors (Lipinski definition) is 0. The van der Waals surface area contributed by atoms with Gasteiger partial charge in [0.15, 0.2) is 5.82 Å². The summed E-state index contributed by atoms with van der Waals surface area (Å²) in [7, 11) is 0. The third-order valence-corrected chi connectivity index (χ3v) is 3.69. The van der Waals surface area contributed by atoms with Crippen LogP contribution in [0.25, 0.3) is 34.2 Å². The highest BCUT2D eigenvalue weighted by Gasteiger charge is 2.17. The number of hydrogen-bond acceptors (Lipinski definition) is 6.